The second-order valence-electron chi connectivity index (χ2n) is 8.40. The Balaban J connectivity index is 1.97. The number of unbranched alkanes of at least 4 members (excludes halogenated alkanes) is 1. The average molecular weight is 473 g/mol. The SMILES string of the molecule is CCCCN(c1cc2oc(-c3ccc(F)cc3)c(C(=O)NC)c2cc1C1CC1)S(=O)(=O)CC. The number of amides is 1. The van der Waals surface area contributed by atoms with Gasteiger partial charge in [0.1, 0.15) is 17.2 Å². The molecule has 0 atom stereocenters. The van der Waals surface area contributed by atoms with Crippen molar-refractivity contribution in [3.05, 3.63) is 53.3 Å². The lowest BCUT2D eigenvalue weighted by molar-refractivity contribution is 0.0964. The quantitative estimate of drug-likeness (QED) is 0.450. The van der Waals surface area contributed by atoms with Gasteiger partial charge in [0.25, 0.3) is 5.91 Å². The third-order valence-electron chi connectivity index (χ3n) is 6.10. The van der Waals surface area contributed by atoms with Crippen LogP contribution in [-0.4, -0.2) is 33.7 Å². The lowest BCUT2D eigenvalue weighted by Gasteiger charge is -2.26. The van der Waals surface area contributed by atoms with Crippen molar-refractivity contribution in [2.24, 2.45) is 0 Å². The monoisotopic (exact) mass is 472 g/mol. The maximum atomic E-state index is 13.5. The van der Waals surface area contributed by atoms with Crippen LogP contribution in [0, 0.1) is 5.82 Å². The summed E-state index contributed by atoms with van der Waals surface area (Å²) in [6.45, 7) is 4.07. The van der Waals surface area contributed by atoms with Crippen LogP contribution in [0.1, 0.15) is 61.4 Å². The summed E-state index contributed by atoms with van der Waals surface area (Å²) in [5.74, 6) is -0.108. The molecule has 0 aliphatic heterocycles. The Kier molecular flexibility index (Phi) is 6.47. The summed E-state index contributed by atoms with van der Waals surface area (Å²) in [6.07, 6.45) is 3.56. The van der Waals surface area contributed by atoms with Gasteiger partial charge in [0, 0.05) is 30.6 Å². The first kappa shape index (κ1) is 23.3. The largest absolute Gasteiger partial charge is 0.455 e. The Bertz CT molecular complexity index is 1280. The fourth-order valence-electron chi connectivity index (χ4n) is 4.11. The molecule has 1 heterocycles. The summed E-state index contributed by atoms with van der Waals surface area (Å²) in [5, 5.41) is 3.29. The minimum absolute atomic E-state index is 0.00132. The number of rotatable bonds is 9. The molecule has 0 spiro atoms. The first-order valence-corrected chi connectivity index (χ1v) is 13.0. The van der Waals surface area contributed by atoms with Crippen LogP contribution in [-0.2, 0) is 10.0 Å². The molecule has 3 aromatic rings. The normalized spacial score (nSPS) is 13.9. The molecule has 1 aliphatic rings. The number of carbonyl (C=O) groups excluding carboxylic acids is 1. The Hall–Kier alpha value is -2.87. The van der Waals surface area contributed by atoms with Crippen molar-refractivity contribution in [1.82, 2.24) is 5.32 Å². The highest BCUT2D eigenvalue weighted by Crippen LogP contribution is 2.48. The highest BCUT2D eigenvalue weighted by Gasteiger charge is 2.33. The van der Waals surface area contributed by atoms with Crippen LogP contribution < -0.4 is 9.62 Å². The number of benzene rings is 2. The lowest BCUT2D eigenvalue weighted by Crippen LogP contribution is -2.34. The molecular formula is C25H29FN2O4S. The van der Waals surface area contributed by atoms with Crippen molar-refractivity contribution in [2.75, 3.05) is 23.7 Å². The van der Waals surface area contributed by atoms with Crippen molar-refractivity contribution in [2.45, 2.75) is 45.4 Å². The van der Waals surface area contributed by atoms with Gasteiger partial charge in [-0.2, -0.15) is 0 Å². The van der Waals surface area contributed by atoms with E-state index in [-0.39, 0.29) is 23.4 Å². The molecule has 0 saturated heterocycles. The molecular weight excluding hydrogens is 443 g/mol. The molecule has 0 bridgehead atoms. The average Bonchev–Trinajstić information content (AvgIpc) is 3.59. The maximum Gasteiger partial charge on any atom is 0.255 e. The Morgan fingerprint density at radius 2 is 1.88 bits per heavy atom. The van der Waals surface area contributed by atoms with E-state index < -0.39 is 10.0 Å². The number of anilines is 1. The van der Waals surface area contributed by atoms with Gasteiger partial charge in [-0.3, -0.25) is 9.10 Å². The van der Waals surface area contributed by atoms with Gasteiger partial charge in [0.2, 0.25) is 10.0 Å². The molecule has 1 fully saturated rings. The predicted molar refractivity (Wildman–Crippen MR) is 129 cm³/mol. The number of halogens is 1. The predicted octanol–water partition coefficient (Wildman–Crippen LogP) is 5.43. The van der Waals surface area contributed by atoms with Crippen molar-refractivity contribution in [3.8, 4) is 11.3 Å². The first-order chi connectivity index (χ1) is 15.8. The van der Waals surface area contributed by atoms with E-state index in [1.165, 1.54) is 16.4 Å². The van der Waals surface area contributed by atoms with Gasteiger partial charge in [0.15, 0.2) is 0 Å². The molecule has 1 saturated carbocycles. The van der Waals surface area contributed by atoms with E-state index in [9.17, 15) is 17.6 Å². The third-order valence-corrected chi connectivity index (χ3v) is 7.88. The zero-order valence-corrected chi connectivity index (χ0v) is 20.0. The smallest absolute Gasteiger partial charge is 0.255 e. The van der Waals surface area contributed by atoms with E-state index in [0.29, 0.717) is 40.1 Å². The number of nitrogens with zero attached hydrogens (tertiary/aromatic N) is 1. The fourth-order valence-corrected chi connectivity index (χ4v) is 5.28. The van der Waals surface area contributed by atoms with Crippen molar-refractivity contribution < 1.29 is 22.0 Å². The van der Waals surface area contributed by atoms with Gasteiger partial charge >= 0.3 is 0 Å². The van der Waals surface area contributed by atoms with Crippen LogP contribution in [0.3, 0.4) is 0 Å². The van der Waals surface area contributed by atoms with Crippen molar-refractivity contribution in [3.63, 3.8) is 0 Å². The molecule has 1 aromatic heterocycles. The molecule has 1 amide bonds. The van der Waals surface area contributed by atoms with Crippen LogP contribution >= 0.6 is 0 Å². The minimum Gasteiger partial charge on any atom is -0.455 e. The summed E-state index contributed by atoms with van der Waals surface area (Å²) in [7, 11) is -1.95. The summed E-state index contributed by atoms with van der Waals surface area (Å²) in [5.41, 5.74) is 2.92. The van der Waals surface area contributed by atoms with Gasteiger partial charge in [-0.15, -0.1) is 0 Å². The van der Waals surface area contributed by atoms with Gasteiger partial charge in [-0.1, -0.05) is 13.3 Å². The summed E-state index contributed by atoms with van der Waals surface area (Å²) in [6, 6.07) is 9.43. The van der Waals surface area contributed by atoms with Crippen LogP contribution in [0.2, 0.25) is 0 Å². The summed E-state index contributed by atoms with van der Waals surface area (Å²) in [4.78, 5) is 12.9. The highest BCUT2D eigenvalue weighted by molar-refractivity contribution is 7.92. The van der Waals surface area contributed by atoms with Gasteiger partial charge in [0.05, 0.1) is 17.0 Å². The zero-order valence-electron chi connectivity index (χ0n) is 19.2. The fraction of sp³-hybridized carbons (Fsp3) is 0.400. The van der Waals surface area contributed by atoms with Crippen molar-refractivity contribution in [1.29, 1.82) is 0 Å². The zero-order chi connectivity index (χ0) is 23.8. The van der Waals surface area contributed by atoms with Crippen molar-refractivity contribution >= 4 is 32.6 Å². The van der Waals surface area contributed by atoms with Crippen LogP contribution in [0.5, 0.6) is 0 Å². The molecule has 33 heavy (non-hydrogen) atoms. The van der Waals surface area contributed by atoms with Gasteiger partial charge < -0.3 is 9.73 Å². The molecule has 176 valence electrons. The minimum atomic E-state index is -3.49. The Morgan fingerprint density at radius 3 is 2.45 bits per heavy atom. The number of fused-ring (bicyclic) bond motifs is 1. The number of furan rings is 1. The molecule has 2 aromatic carbocycles. The molecule has 6 nitrogen and oxygen atoms in total. The Labute approximate surface area is 193 Å². The molecule has 0 unspecified atom stereocenters. The van der Waals surface area contributed by atoms with E-state index in [2.05, 4.69) is 5.32 Å². The van der Waals surface area contributed by atoms with E-state index in [4.69, 9.17) is 4.42 Å². The number of carbonyl (C=O) groups is 1. The molecule has 0 radical (unpaired) electrons. The van der Waals surface area contributed by atoms with Gasteiger partial charge in [-0.25, -0.2) is 12.8 Å². The lowest BCUT2D eigenvalue weighted by atomic mass is 10.0. The first-order valence-electron chi connectivity index (χ1n) is 11.4. The third kappa shape index (κ3) is 4.49. The van der Waals surface area contributed by atoms with E-state index in [0.717, 1.165) is 31.2 Å². The van der Waals surface area contributed by atoms with E-state index in [1.807, 2.05) is 13.0 Å². The highest BCUT2D eigenvalue weighted by atomic mass is 32.2. The number of sulfonamides is 1. The summed E-state index contributed by atoms with van der Waals surface area (Å²) < 4.78 is 47.2. The van der Waals surface area contributed by atoms with Gasteiger partial charge in [-0.05, 0) is 68.0 Å². The molecule has 1 aliphatic carbocycles. The maximum absolute atomic E-state index is 13.5. The molecule has 1 N–H and O–H groups in total. The number of nitrogens with one attached hydrogen (secondary N) is 1. The molecule has 8 heteroatoms. The number of hydrogen-bond acceptors (Lipinski definition) is 4. The summed E-state index contributed by atoms with van der Waals surface area (Å²) >= 11 is 0. The second kappa shape index (κ2) is 9.17. The molecule has 4 rings (SSSR count). The van der Waals surface area contributed by atoms with E-state index >= 15 is 0 Å². The second-order valence-corrected chi connectivity index (χ2v) is 10.6. The van der Waals surface area contributed by atoms with E-state index in [1.54, 1.807) is 32.2 Å². The number of hydrogen-bond donors (Lipinski definition) is 1. The standard InChI is InChI=1S/C25H29FN2O4S/c1-4-6-13-28(33(30,31)5-2)21-15-22-20(14-19(21)16-7-8-16)23(25(29)27-3)24(32-22)17-9-11-18(26)12-10-17/h9-12,14-16H,4-8,13H2,1-3H3,(H,27,29). The van der Waals surface area contributed by atoms with Crippen LogP contribution in [0.15, 0.2) is 40.8 Å². The topological polar surface area (TPSA) is 79.6 Å². The van der Waals surface area contributed by atoms with Crippen LogP contribution in [0.4, 0.5) is 10.1 Å². The van der Waals surface area contributed by atoms with Crippen LogP contribution in [0.25, 0.3) is 22.3 Å². The Morgan fingerprint density at radius 1 is 1.18 bits per heavy atom.